The van der Waals surface area contributed by atoms with Crippen LogP contribution in [-0.4, -0.2) is 26.6 Å². The highest BCUT2D eigenvalue weighted by molar-refractivity contribution is 5.69. The van der Waals surface area contributed by atoms with Crippen molar-refractivity contribution >= 4 is 11.8 Å². The molecule has 0 atom stereocenters. The number of hydrogen-bond acceptors (Lipinski definition) is 4. The molecule has 0 aliphatic heterocycles. The zero-order valence-corrected chi connectivity index (χ0v) is 9.11. The fourth-order valence-electron chi connectivity index (χ4n) is 1.29. The minimum atomic E-state index is -0.835. The predicted molar refractivity (Wildman–Crippen MR) is 56.7 cm³/mol. The van der Waals surface area contributed by atoms with Crippen LogP contribution in [0.25, 0.3) is 0 Å². The van der Waals surface area contributed by atoms with E-state index in [-0.39, 0.29) is 6.42 Å². The summed E-state index contributed by atoms with van der Waals surface area (Å²) in [7, 11) is 0. The third-order valence-electron chi connectivity index (χ3n) is 1.84. The Morgan fingerprint density at radius 2 is 2.27 bits per heavy atom. The lowest BCUT2D eigenvalue weighted by atomic mass is 10.0. The number of aromatic nitrogens is 2. The van der Waals surface area contributed by atoms with E-state index in [4.69, 9.17) is 5.11 Å². The smallest absolute Gasteiger partial charge is 0.305 e. The first kappa shape index (κ1) is 11.4. The van der Waals surface area contributed by atoms with Crippen LogP contribution in [0.3, 0.4) is 0 Å². The van der Waals surface area contributed by atoms with Gasteiger partial charge < -0.3 is 10.4 Å². The summed E-state index contributed by atoms with van der Waals surface area (Å²) >= 11 is 0. The molecule has 0 spiro atoms. The largest absolute Gasteiger partial charge is 0.481 e. The number of rotatable bonds is 4. The number of nitrogens with one attached hydrogen (secondary N) is 1. The van der Waals surface area contributed by atoms with Crippen molar-refractivity contribution in [2.75, 3.05) is 5.32 Å². The normalized spacial score (nSPS) is 11.1. The van der Waals surface area contributed by atoms with Crippen LogP contribution in [0.15, 0.2) is 12.3 Å². The average Bonchev–Trinajstić information content (AvgIpc) is 1.99. The Bertz CT molecular complexity index is 363. The maximum atomic E-state index is 10.6. The number of carbonyl (C=O) groups is 1. The Hall–Kier alpha value is -1.65. The zero-order valence-electron chi connectivity index (χ0n) is 9.11. The van der Waals surface area contributed by atoms with Gasteiger partial charge in [0.1, 0.15) is 11.6 Å². The molecule has 0 aliphatic carbocycles. The van der Waals surface area contributed by atoms with Crippen molar-refractivity contribution in [3.8, 4) is 0 Å². The van der Waals surface area contributed by atoms with E-state index < -0.39 is 11.5 Å². The molecule has 0 bridgehead atoms. The van der Waals surface area contributed by atoms with Crippen molar-refractivity contribution in [3.63, 3.8) is 0 Å². The van der Waals surface area contributed by atoms with Crippen molar-refractivity contribution in [2.45, 2.75) is 32.7 Å². The second-order valence-electron chi connectivity index (χ2n) is 4.07. The summed E-state index contributed by atoms with van der Waals surface area (Å²) in [5.41, 5.74) is -0.521. The van der Waals surface area contributed by atoms with E-state index >= 15 is 0 Å². The van der Waals surface area contributed by atoms with Gasteiger partial charge in [0.05, 0.1) is 6.42 Å². The van der Waals surface area contributed by atoms with Gasteiger partial charge >= 0.3 is 5.97 Å². The van der Waals surface area contributed by atoms with Crippen molar-refractivity contribution in [3.05, 3.63) is 18.1 Å². The van der Waals surface area contributed by atoms with Crippen LogP contribution in [0.1, 0.15) is 26.1 Å². The molecule has 1 aromatic heterocycles. The highest BCUT2D eigenvalue weighted by Gasteiger charge is 2.21. The Morgan fingerprint density at radius 3 is 2.80 bits per heavy atom. The SMILES string of the molecule is Cc1nccc(NC(C)(C)CC(=O)O)n1. The fraction of sp³-hybridized carbons (Fsp3) is 0.500. The van der Waals surface area contributed by atoms with Gasteiger partial charge in [-0.1, -0.05) is 0 Å². The van der Waals surface area contributed by atoms with Crippen molar-refractivity contribution in [1.29, 1.82) is 0 Å². The van der Waals surface area contributed by atoms with Gasteiger partial charge in [0.15, 0.2) is 0 Å². The van der Waals surface area contributed by atoms with Crippen LogP contribution in [0.4, 0.5) is 5.82 Å². The Labute approximate surface area is 88.6 Å². The van der Waals surface area contributed by atoms with Gasteiger partial charge in [0, 0.05) is 11.7 Å². The summed E-state index contributed by atoms with van der Waals surface area (Å²) < 4.78 is 0. The highest BCUT2D eigenvalue weighted by Crippen LogP contribution is 2.15. The predicted octanol–water partition coefficient (Wildman–Crippen LogP) is 1.45. The monoisotopic (exact) mass is 209 g/mol. The summed E-state index contributed by atoms with van der Waals surface area (Å²) in [5, 5.41) is 11.8. The van der Waals surface area contributed by atoms with E-state index in [0.29, 0.717) is 11.6 Å². The van der Waals surface area contributed by atoms with Gasteiger partial charge in [0.25, 0.3) is 0 Å². The van der Waals surface area contributed by atoms with Crippen LogP contribution in [-0.2, 0) is 4.79 Å². The molecule has 0 amide bonds. The summed E-state index contributed by atoms with van der Waals surface area (Å²) in [5.74, 6) is 0.471. The topological polar surface area (TPSA) is 75.1 Å². The van der Waals surface area contributed by atoms with Gasteiger partial charge in [-0.3, -0.25) is 4.79 Å². The molecular weight excluding hydrogens is 194 g/mol. The molecule has 0 aromatic carbocycles. The first-order valence-electron chi connectivity index (χ1n) is 4.69. The maximum absolute atomic E-state index is 10.6. The molecule has 5 nitrogen and oxygen atoms in total. The minimum Gasteiger partial charge on any atom is -0.481 e. The van der Waals surface area contributed by atoms with Crippen LogP contribution < -0.4 is 5.32 Å². The molecule has 0 aliphatic rings. The number of carboxylic acids is 1. The molecule has 1 aromatic rings. The van der Waals surface area contributed by atoms with Gasteiger partial charge in [-0.25, -0.2) is 9.97 Å². The highest BCUT2D eigenvalue weighted by atomic mass is 16.4. The van der Waals surface area contributed by atoms with Gasteiger partial charge in [-0.15, -0.1) is 0 Å². The number of aliphatic carboxylic acids is 1. The quantitative estimate of drug-likeness (QED) is 0.785. The van der Waals surface area contributed by atoms with Crippen molar-refractivity contribution in [2.24, 2.45) is 0 Å². The zero-order chi connectivity index (χ0) is 11.5. The second-order valence-corrected chi connectivity index (χ2v) is 4.07. The molecule has 0 fully saturated rings. The number of hydrogen-bond donors (Lipinski definition) is 2. The first-order valence-corrected chi connectivity index (χ1v) is 4.69. The molecule has 0 unspecified atom stereocenters. The van der Waals surface area contributed by atoms with E-state index in [1.807, 2.05) is 13.8 Å². The number of carboxylic acid groups (broad SMARTS) is 1. The van der Waals surface area contributed by atoms with E-state index in [0.717, 1.165) is 0 Å². The summed E-state index contributed by atoms with van der Waals surface area (Å²) in [6.07, 6.45) is 1.68. The number of nitrogens with zero attached hydrogens (tertiary/aromatic N) is 2. The van der Waals surface area contributed by atoms with E-state index in [9.17, 15) is 4.79 Å². The Morgan fingerprint density at radius 1 is 1.60 bits per heavy atom. The second kappa shape index (κ2) is 4.25. The molecule has 1 heterocycles. The molecule has 2 N–H and O–H groups in total. The van der Waals surface area contributed by atoms with Crippen LogP contribution in [0.5, 0.6) is 0 Å². The van der Waals surface area contributed by atoms with Gasteiger partial charge in [-0.2, -0.15) is 0 Å². The van der Waals surface area contributed by atoms with Crippen molar-refractivity contribution < 1.29 is 9.90 Å². The number of anilines is 1. The van der Waals surface area contributed by atoms with Crippen LogP contribution >= 0.6 is 0 Å². The molecule has 0 saturated carbocycles. The van der Waals surface area contributed by atoms with E-state index in [2.05, 4.69) is 15.3 Å². The Kier molecular flexibility index (Phi) is 3.24. The Balaban J connectivity index is 2.72. The lowest BCUT2D eigenvalue weighted by Gasteiger charge is -2.24. The van der Waals surface area contributed by atoms with E-state index in [1.54, 1.807) is 19.2 Å². The first-order chi connectivity index (χ1) is 6.89. The molecule has 0 radical (unpaired) electrons. The molecule has 82 valence electrons. The van der Waals surface area contributed by atoms with E-state index in [1.165, 1.54) is 0 Å². The summed E-state index contributed by atoms with van der Waals surface area (Å²) in [6.45, 7) is 5.42. The lowest BCUT2D eigenvalue weighted by molar-refractivity contribution is -0.137. The molecular formula is C10H15N3O2. The average molecular weight is 209 g/mol. The van der Waals surface area contributed by atoms with Crippen LogP contribution in [0, 0.1) is 6.92 Å². The third-order valence-corrected chi connectivity index (χ3v) is 1.84. The molecule has 1 rings (SSSR count). The standard InChI is InChI=1S/C10H15N3O2/c1-7-11-5-4-8(12-7)13-10(2,3)6-9(14)15/h4-5H,6H2,1-3H3,(H,14,15)(H,11,12,13). The third kappa shape index (κ3) is 3.93. The van der Waals surface area contributed by atoms with Crippen LogP contribution in [0.2, 0.25) is 0 Å². The molecule has 15 heavy (non-hydrogen) atoms. The minimum absolute atomic E-state index is 0.0377. The number of aryl methyl sites for hydroxylation is 1. The lowest BCUT2D eigenvalue weighted by Crippen LogP contribution is -2.34. The molecule has 0 saturated heterocycles. The van der Waals surface area contributed by atoms with Crippen molar-refractivity contribution in [1.82, 2.24) is 9.97 Å². The fourth-order valence-corrected chi connectivity index (χ4v) is 1.29. The van der Waals surface area contributed by atoms with Gasteiger partial charge in [-0.05, 0) is 26.8 Å². The van der Waals surface area contributed by atoms with Gasteiger partial charge in [0.2, 0.25) is 0 Å². The summed E-state index contributed by atoms with van der Waals surface area (Å²) in [6, 6.07) is 1.72. The summed E-state index contributed by atoms with van der Waals surface area (Å²) in [4.78, 5) is 18.7. The maximum Gasteiger partial charge on any atom is 0.305 e. The molecule has 5 heteroatoms.